The van der Waals surface area contributed by atoms with Crippen LogP contribution in [0, 0.1) is 12.8 Å². The first-order valence-electron chi connectivity index (χ1n) is 8.25. The van der Waals surface area contributed by atoms with E-state index < -0.39 is 18.0 Å². The Morgan fingerprint density at radius 2 is 1.77 bits per heavy atom. The van der Waals surface area contributed by atoms with Gasteiger partial charge < -0.3 is 15.4 Å². The molecule has 0 aliphatic carbocycles. The highest BCUT2D eigenvalue weighted by Gasteiger charge is 2.26. The molecule has 0 radical (unpaired) electrons. The summed E-state index contributed by atoms with van der Waals surface area (Å²) in [5.41, 5.74) is 0.615. The van der Waals surface area contributed by atoms with Gasteiger partial charge in [0.15, 0.2) is 6.61 Å². The summed E-state index contributed by atoms with van der Waals surface area (Å²) in [7, 11) is 0. The molecule has 26 heavy (non-hydrogen) atoms. The van der Waals surface area contributed by atoms with Crippen LogP contribution in [0.4, 0.5) is 10.5 Å². The standard InChI is InChI=1S/C19H22N2O4S/c1-12(2)17(21-19(24)20-14-7-5-4-6-8-14)18(23)25-11-15(22)16-10-9-13(3)26-16/h4-10,12,17H,11H2,1-3H3,(H2,20,21,24)/t17-/m0/s1. The summed E-state index contributed by atoms with van der Waals surface area (Å²) in [6, 6.07) is 11.1. The number of amides is 2. The Kier molecular flexibility index (Phi) is 6.91. The zero-order chi connectivity index (χ0) is 19.1. The molecule has 2 amide bonds. The van der Waals surface area contributed by atoms with Crippen molar-refractivity contribution in [2.75, 3.05) is 11.9 Å². The van der Waals surface area contributed by atoms with E-state index in [9.17, 15) is 14.4 Å². The van der Waals surface area contributed by atoms with E-state index in [1.807, 2.05) is 19.1 Å². The van der Waals surface area contributed by atoms with Gasteiger partial charge >= 0.3 is 12.0 Å². The number of para-hydroxylation sites is 1. The number of carbonyl (C=O) groups excluding carboxylic acids is 3. The van der Waals surface area contributed by atoms with Crippen LogP contribution in [0.3, 0.4) is 0 Å². The van der Waals surface area contributed by atoms with E-state index in [1.165, 1.54) is 11.3 Å². The predicted octanol–water partition coefficient (Wildman–Crippen LogP) is 3.63. The Bertz CT molecular complexity index is 771. The van der Waals surface area contributed by atoms with Crippen LogP contribution in [0.5, 0.6) is 0 Å². The molecule has 2 aromatic rings. The molecule has 1 atom stereocenters. The Balaban J connectivity index is 1.90. The topological polar surface area (TPSA) is 84.5 Å². The van der Waals surface area contributed by atoms with E-state index in [0.29, 0.717) is 10.6 Å². The van der Waals surface area contributed by atoms with Crippen LogP contribution in [0.25, 0.3) is 0 Å². The molecule has 138 valence electrons. The molecule has 0 aliphatic heterocycles. The zero-order valence-corrected chi connectivity index (χ0v) is 15.8. The lowest BCUT2D eigenvalue weighted by Crippen LogP contribution is -2.47. The lowest BCUT2D eigenvalue weighted by Gasteiger charge is -2.21. The van der Waals surface area contributed by atoms with Crippen molar-refractivity contribution in [3.05, 3.63) is 52.2 Å². The Labute approximate surface area is 156 Å². The van der Waals surface area contributed by atoms with Gasteiger partial charge in [-0.05, 0) is 37.1 Å². The third-order valence-electron chi connectivity index (χ3n) is 3.60. The number of thiophene rings is 1. The maximum absolute atomic E-state index is 12.3. The molecule has 2 N–H and O–H groups in total. The monoisotopic (exact) mass is 374 g/mol. The van der Waals surface area contributed by atoms with Crippen LogP contribution in [0.1, 0.15) is 28.4 Å². The van der Waals surface area contributed by atoms with Crippen molar-refractivity contribution >= 4 is 34.8 Å². The van der Waals surface area contributed by atoms with Crippen LogP contribution in [0.2, 0.25) is 0 Å². The van der Waals surface area contributed by atoms with Gasteiger partial charge in [-0.3, -0.25) is 4.79 Å². The summed E-state index contributed by atoms with van der Waals surface area (Å²) >= 11 is 1.35. The van der Waals surface area contributed by atoms with E-state index in [-0.39, 0.29) is 18.3 Å². The molecule has 1 aromatic heterocycles. The number of benzene rings is 1. The van der Waals surface area contributed by atoms with Gasteiger partial charge in [0.2, 0.25) is 5.78 Å². The average Bonchev–Trinajstić information content (AvgIpc) is 3.04. The van der Waals surface area contributed by atoms with Crippen molar-refractivity contribution in [2.45, 2.75) is 26.8 Å². The molecule has 7 heteroatoms. The largest absolute Gasteiger partial charge is 0.456 e. The second kappa shape index (κ2) is 9.15. The minimum atomic E-state index is -0.850. The number of rotatable bonds is 7. The van der Waals surface area contributed by atoms with E-state index in [0.717, 1.165) is 4.88 Å². The van der Waals surface area contributed by atoms with Crippen molar-refractivity contribution in [3.63, 3.8) is 0 Å². The van der Waals surface area contributed by atoms with Gasteiger partial charge in [0, 0.05) is 10.6 Å². The smallest absolute Gasteiger partial charge is 0.329 e. The van der Waals surface area contributed by atoms with Crippen LogP contribution in [0.15, 0.2) is 42.5 Å². The number of ketones is 1. The molecule has 1 aromatic carbocycles. The van der Waals surface area contributed by atoms with Crippen molar-refractivity contribution in [2.24, 2.45) is 5.92 Å². The van der Waals surface area contributed by atoms with E-state index in [1.54, 1.807) is 44.2 Å². The van der Waals surface area contributed by atoms with Gasteiger partial charge in [-0.15, -0.1) is 11.3 Å². The molecule has 6 nitrogen and oxygen atoms in total. The maximum Gasteiger partial charge on any atom is 0.329 e. The minimum Gasteiger partial charge on any atom is -0.456 e. The molecule has 0 fully saturated rings. The molecule has 0 saturated heterocycles. The zero-order valence-electron chi connectivity index (χ0n) is 14.9. The molecular formula is C19H22N2O4S. The van der Waals surface area contributed by atoms with Gasteiger partial charge in [0.05, 0.1) is 4.88 Å². The third-order valence-corrected chi connectivity index (χ3v) is 4.64. The van der Waals surface area contributed by atoms with Gasteiger partial charge in [-0.25, -0.2) is 9.59 Å². The van der Waals surface area contributed by atoms with Crippen LogP contribution < -0.4 is 10.6 Å². The highest BCUT2D eigenvalue weighted by Crippen LogP contribution is 2.16. The second-order valence-corrected chi connectivity index (χ2v) is 7.42. The number of nitrogens with one attached hydrogen (secondary N) is 2. The second-order valence-electron chi connectivity index (χ2n) is 6.13. The van der Waals surface area contributed by atoms with Gasteiger partial charge in [0.25, 0.3) is 0 Å². The first-order chi connectivity index (χ1) is 12.4. The number of urea groups is 1. The van der Waals surface area contributed by atoms with E-state index in [2.05, 4.69) is 10.6 Å². The van der Waals surface area contributed by atoms with Crippen molar-refractivity contribution in [1.29, 1.82) is 0 Å². The van der Waals surface area contributed by atoms with Crippen LogP contribution in [-0.2, 0) is 9.53 Å². The van der Waals surface area contributed by atoms with Crippen LogP contribution >= 0.6 is 11.3 Å². The van der Waals surface area contributed by atoms with Crippen LogP contribution in [-0.4, -0.2) is 30.4 Å². The molecule has 0 aliphatic rings. The molecule has 0 spiro atoms. The fourth-order valence-corrected chi connectivity index (χ4v) is 3.00. The summed E-state index contributed by atoms with van der Waals surface area (Å²) in [6.07, 6.45) is 0. The third kappa shape index (κ3) is 5.70. The lowest BCUT2D eigenvalue weighted by atomic mass is 10.1. The summed E-state index contributed by atoms with van der Waals surface area (Å²) < 4.78 is 5.12. The SMILES string of the molecule is Cc1ccc(C(=O)COC(=O)[C@@H](NC(=O)Nc2ccccc2)C(C)C)s1. The summed E-state index contributed by atoms with van der Waals surface area (Å²) in [4.78, 5) is 38.0. The Morgan fingerprint density at radius 1 is 1.08 bits per heavy atom. The molecule has 2 rings (SSSR count). The van der Waals surface area contributed by atoms with Gasteiger partial charge in [-0.2, -0.15) is 0 Å². The maximum atomic E-state index is 12.3. The highest BCUT2D eigenvalue weighted by molar-refractivity contribution is 7.14. The van der Waals surface area contributed by atoms with Crippen molar-refractivity contribution < 1.29 is 19.1 Å². The number of hydrogen-bond donors (Lipinski definition) is 2. The van der Waals surface area contributed by atoms with Crippen molar-refractivity contribution in [1.82, 2.24) is 5.32 Å². The summed E-state index contributed by atoms with van der Waals surface area (Å²) in [5, 5.41) is 5.25. The van der Waals surface area contributed by atoms with Gasteiger partial charge in [0.1, 0.15) is 6.04 Å². The van der Waals surface area contributed by atoms with E-state index in [4.69, 9.17) is 4.74 Å². The first kappa shape index (κ1) is 19.7. The Hall–Kier alpha value is -2.67. The minimum absolute atomic E-state index is 0.192. The van der Waals surface area contributed by atoms with Crippen molar-refractivity contribution in [3.8, 4) is 0 Å². The number of hydrogen-bond acceptors (Lipinski definition) is 5. The fourth-order valence-electron chi connectivity index (χ4n) is 2.21. The molecule has 1 heterocycles. The fraction of sp³-hybridized carbons (Fsp3) is 0.316. The number of ether oxygens (including phenoxy) is 1. The predicted molar refractivity (Wildman–Crippen MR) is 102 cm³/mol. The number of Topliss-reactive ketones (excluding diaryl/α,β-unsaturated/α-hetero) is 1. The van der Waals surface area contributed by atoms with Gasteiger partial charge in [-0.1, -0.05) is 32.0 Å². The number of aryl methyl sites for hydroxylation is 1. The average molecular weight is 374 g/mol. The summed E-state index contributed by atoms with van der Waals surface area (Å²) in [5.74, 6) is -1.08. The lowest BCUT2D eigenvalue weighted by molar-refractivity contribution is -0.145. The first-order valence-corrected chi connectivity index (χ1v) is 9.07. The molecule has 0 bridgehead atoms. The number of esters is 1. The molecular weight excluding hydrogens is 352 g/mol. The normalized spacial score (nSPS) is 11.7. The molecule has 0 saturated carbocycles. The number of carbonyl (C=O) groups is 3. The highest BCUT2D eigenvalue weighted by atomic mass is 32.1. The molecule has 0 unspecified atom stereocenters. The Morgan fingerprint density at radius 3 is 2.35 bits per heavy atom. The quantitative estimate of drug-likeness (QED) is 0.572. The van der Waals surface area contributed by atoms with E-state index >= 15 is 0 Å². The number of anilines is 1. The summed E-state index contributed by atoms with van der Waals surface area (Å²) in [6.45, 7) is 5.14.